The molecule has 26 heavy (non-hydrogen) atoms. The van der Waals surface area contributed by atoms with Gasteiger partial charge in [0.1, 0.15) is 16.8 Å². The molecule has 3 rings (SSSR count). The predicted octanol–water partition coefficient (Wildman–Crippen LogP) is 4.38. The fraction of sp³-hybridized carbons (Fsp3) is 0.316. The molecule has 7 heteroatoms. The molecule has 1 N–H and O–H groups in total. The van der Waals surface area contributed by atoms with Crippen LogP contribution in [0.4, 0.5) is 5.69 Å². The van der Waals surface area contributed by atoms with Crippen LogP contribution in [0.3, 0.4) is 0 Å². The standard InChI is InChI=1S/C19H21ClN4O2/c1-11-8-15-16(10-14(11)21-18(25)19(2,3)4)23-24(22-15)12-6-7-17(26-5)13(20)9-12/h6-10H,1-5H3,(H,21,25). The van der Waals surface area contributed by atoms with E-state index in [0.29, 0.717) is 16.3 Å². The van der Waals surface area contributed by atoms with Crippen molar-refractivity contribution in [3.63, 3.8) is 0 Å². The van der Waals surface area contributed by atoms with Gasteiger partial charge in [-0.3, -0.25) is 4.79 Å². The van der Waals surface area contributed by atoms with Gasteiger partial charge in [-0.15, -0.1) is 10.2 Å². The Balaban J connectivity index is 1.99. The van der Waals surface area contributed by atoms with Crippen molar-refractivity contribution in [2.24, 2.45) is 5.41 Å². The Kier molecular flexibility index (Phi) is 4.63. The SMILES string of the molecule is COc1ccc(-n2nc3cc(C)c(NC(=O)C(C)(C)C)cc3n2)cc1Cl. The Labute approximate surface area is 157 Å². The molecule has 3 aromatic rings. The number of anilines is 1. The quantitative estimate of drug-likeness (QED) is 0.740. The first-order valence-corrected chi connectivity index (χ1v) is 8.60. The number of benzene rings is 2. The molecule has 6 nitrogen and oxygen atoms in total. The van der Waals surface area contributed by atoms with Crippen molar-refractivity contribution in [1.29, 1.82) is 0 Å². The molecule has 1 heterocycles. The molecule has 2 aromatic carbocycles. The summed E-state index contributed by atoms with van der Waals surface area (Å²) < 4.78 is 5.17. The van der Waals surface area contributed by atoms with Gasteiger partial charge in [-0.05, 0) is 42.8 Å². The van der Waals surface area contributed by atoms with Crippen LogP contribution in [0.15, 0.2) is 30.3 Å². The van der Waals surface area contributed by atoms with Crippen molar-refractivity contribution in [2.45, 2.75) is 27.7 Å². The minimum atomic E-state index is -0.473. The number of aromatic nitrogens is 3. The number of aryl methyl sites for hydroxylation is 1. The molecule has 0 fully saturated rings. The molecule has 0 aliphatic heterocycles. The van der Waals surface area contributed by atoms with Crippen LogP contribution in [0.1, 0.15) is 26.3 Å². The van der Waals surface area contributed by atoms with E-state index in [4.69, 9.17) is 16.3 Å². The Morgan fingerprint density at radius 1 is 1.15 bits per heavy atom. The van der Waals surface area contributed by atoms with Crippen molar-refractivity contribution in [3.8, 4) is 11.4 Å². The molecule has 0 unspecified atom stereocenters. The second-order valence-electron chi connectivity index (χ2n) is 7.17. The molecule has 0 bridgehead atoms. The largest absolute Gasteiger partial charge is 0.495 e. The number of methoxy groups -OCH3 is 1. The smallest absolute Gasteiger partial charge is 0.229 e. The number of hydrogen-bond acceptors (Lipinski definition) is 4. The second kappa shape index (κ2) is 6.61. The number of carbonyl (C=O) groups excluding carboxylic acids is 1. The summed E-state index contributed by atoms with van der Waals surface area (Å²) in [6.45, 7) is 7.56. The van der Waals surface area contributed by atoms with Crippen LogP contribution in [0.2, 0.25) is 5.02 Å². The van der Waals surface area contributed by atoms with E-state index >= 15 is 0 Å². The molecule has 0 aliphatic rings. The van der Waals surface area contributed by atoms with Gasteiger partial charge in [-0.25, -0.2) is 0 Å². The molecule has 0 radical (unpaired) electrons. The van der Waals surface area contributed by atoms with Gasteiger partial charge in [-0.2, -0.15) is 4.80 Å². The van der Waals surface area contributed by atoms with Gasteiger partial charge in [0.25, 0.3) is 0 Å². The summed E-state index contributed by atoms with van der Waals surface area (Å²) in [5.74, 6) is 0.546. The summed E-state index contributed by atoms with van der Waals surface area (Å²) >= 11 is 6.19. The number of fused-ring (bicyclic) bond motifs is 1. The van der Waals surface area contributed by atoms with E-state index in [0.717, 1.165) is 22.5 Å². The number of hydrogen-bond donors (Lipinski definition) is 1. The first-order valence-electron chi connectivity index (χ1n) is 8.22. The Hall–Kier alpha value is -2.60. The minimum Gasteiger partial charge on any atom is -0.495 e. The highest BCUT2D eigenvalue weighted by atomic mass is 35.5. The summed E-state index contributed by atoms with van der Waals surface area (Å²) in [5, 5.41) is 12.5. The molecule has 1 amide bonds. The Morgan fingerprint density at radius 2 is 1.81 bits per heavy atom. The lowest BCUT2D eigenvalue weighted by molar-refractivity contribution is -0.123. The van der Waals surface area contributed by atoms with Gasteiger partial charge in [0.15, 0.2) is 0 Å². The predicted molar refractivity (Wildman–Crippen MR) is 103 cm³/mol. The van der Waals surface area contributed by atoms with E-state index < -0.39 is 5.41 Å². The maximum atomic E-state index is 12.3. The van der Waals surface area contributed by atoms with Gasteiger partial charge in [-0.1, -0.05) is 32.4 Å². The van der Waals surface area contributed by atoms with Crippen LogP contribution in [0.25, 0.3) is 16.7 Å². The maximum absolute atomic E-state index is 12.3. The topological polar surface area (TPSA) is 69.0 Å². The molecule has 0 atom stereocenters. The second-order valence-corrected chi connectivity index (χ2v) is 7.58. The van der Waals surface area contributed by atoms with E-state index in [1.54, 1.807) is 19.2 Å². The molecule has 0 aliphatic carbocycles. The van der Waals surface area contributed by atoms with Crippen LogP contribution in [-0.2, 0) is 4.79 Å². The summed E-state index contributed by atoms with van der Waals surface area (Å²) in [7, 11) is 1.57. The minimum absolute atomic E-state index is 0.0470. The van der Waals surface area contributed by atoms with Gasteiger partial charge >= 0.3 is 0 Å². The molecular weight excluding hydrogens is 352 g/mol. The molecule has 1 aromatic heterocycles. The van der Waals surface area contributed by atoms with Gasteiger partial charge in [0, 0.05) is 11.1 Å². The molecular formula is C19H21ClN4O2. The number of carbonyl (C=O) groups is 1. The van der Waals surface area contributed by atoms with Crippen molar-refractivity contribution >= 4 is 34.2 Å². The lowest BCUT2D eigenvalue weighted by atomic mass is 9.95. The molecule has 0 saturated carbocycles. The number of halogens is 1. The third kappa shape index (κ3) is 3.51. The van der Waals surface area contributed by atoms with E-state index in [1.807, 2.05) is 45.9 Å². The lowest BCUT2D eigenvalue weighted by Crippen LogP contribution is -2.27. The van der Waals surface area contributed by atoms with Crippen LogP contribution in [0, 0.1) is 12.3 Å². The fourth-order valence-corrected chi connectivity index (χ4v) is 2.66. The number of amides is 1. The van der Waals surface area contributed by atoms with Crippen LogP contribution < -0.4 is 10.1 Å². The zero-order valence-electron chi connectivity index (χ0n) is 15.4. The van der Waals surface area contributed by atoms with Crippen LogP contribution >= 0.6 is 11.6 Å². The number of ether oxygens (including phenoxy) is 1. The number of rotatable bonds is 3. The fourth-order valence-electron chi connectivity index (χ4n) is 2.41. The summed E-state index contributed by atoms with van der Waals surface area (Å²) in [5.41, 5.74) is 3.34. The average Bonchev–Trinajstić information content (AvgIpc) is 2.96. The molecule has 136 valence electrons. The Morgan fingerprint density at radius 3 is 2.38 bits per heavy atom. The van der Waals surface area contributed by atoms with Crippen molar-refractivity contribution in [2.75, 3.05) is 12.4 Å². The highest BCUT2D eigenvalue weighted by Crippen LogP contribution is 2.28. The van der Waals surface area contributed by atoms with E-state index in [-0.39, 0.29) is 5.91 Å². The van der Waals surface area contributed by atoms with E-state index in [9.17, 15) is 4.79 Å². The van der Waals surface area contributed by atoms with Crippen LogP contribution in [-0.4, -0.2) is 28.0 Å². The maximum Gasteiger partial charge on any atom is 0.229 e. The van der Waals surface area contributed by atoms with Crippen molar-refractivity contribution in [1.82, 2.24) is 15.0 Å². The zero-order valence-corrected chi connectivity index (χ0v) is 16.2. The Bertz CT molecular complexity index is 989. The van der Waals surface area contributed by atoms with Crippen LogP contribution in [0.5, 0.6) is 5.75 Å². The summed E-state index contributed by atoms with van der Waals surface area (Å²) in [4.78, 5) is 13.8. The molecule has 0 spiro atoms. The van der Waals surface area contributed by atoms with E-state index in [2.05, 4.69) is 15.5 Å². The van der Waals surface area contributed by atoms with Gasteiger partial charge in [0.05, 0.1) is 17.8 Å². The third-order valence-corrected chi connectivity index (χ3v) is 4.32. The third-order valence-electron chi connectivity index (χ3n) is 4.02. The highest BCUT2D eigenvalue weighted by Gasteiger charge is 2.22. The first-order chi connectivity index (χ1) is 12.2. The number of nitrogens with one attached hydrogen (secondary N) is 1. The van der Waals surface area contributed by atoms with Gasteiger partial charge in [0.2, 0.25) is 5.91 Å². The summed E-state index contributed by atoms with van der Waals surface area (Å²) in [6.07, 6.45) is 0. The molecule has 0 saturated heterocycles. The normalized spacial score (nSPS) is 11.6. The monoisotopic (exact) mass is 372 g/mol. The first kappa shape index (κ1) is 18.2. The zero-order chi connectivity index (χ0) is 19.1. The van der Waals surface area contributed by atoms with Crippen molar-refractivity contribution < 1.29 is 9.53 Å². The van der Waals surface area contributed by atoms with Gasteiger partial charge < -0.3 is 10.1 Å². The lowest BCUT2D eigenvalue weighted by Gasteiger charge is -2.18. The highest BCUT2D eigenvalue weighted by molar-refractivity contribution is 6.32. The van der Waals surface area contributed by atoms with E-state index in [1.165, 1.54) is 4.80 Å². The average molecular weight is 373 g/mol. The van der Waals surface area contributed by atoms with Crippen molar-refractivity contribution in [3.05, 3.63) is 40.9 Å². The summed E-state index contributed by atoms with van der Waals surface area (Å²) in [6, 6.07) is 9.09. The number of nitrogens with zero attached hydrogens (tertiary/aromatic N) is 3.